The molecule has 0 heterocycles. The van der Waals surface area contributed by atoms with Gasteiger partial charge in [0.2, 0.25) is 0 Å². The molecule has 0 aliphatic rings. The third kappa shape index (κ3) is 2.82. The molecule has 24 heavy (non-hydrogen) atoms. The second-order valence-corrected chi connectivity index (χ2v) is 6.48. The number of benzene rings is 3. The van der Waals surface area contributed by atoms with Gasteiger partial charge in [-0.2, -0.15) is 8.42 Å². The van der Waals surface area contributed by atoms with E-state index in [-0.39, 0.29) is 16.2 Å². The SMILES string of the molecule is NNc1ccccc1OS(=O)(=O)c1c(C=O)ccc2ccccc12. The Hall–Kier alpha value is -2.90. The molecular weight excluding hydrogens is 328 g/mol. The third-order valence-electron chi connectivity index (χ3n) is 3.53. The van der Waals surface area contributed by atoms with Crippen molar-refractivity contribution >= 4 is 32.9 Å². The summed E-state index contributed by atoms with van der Waals surface area (Å²) in [7, 11) is -4.24. The van der Waals surface area contributed by atoms with Gasteiger partial charge in [-0.1, -0.05) is 42.5 Å². The zero-order valence-electron chi connectivity index (χ0n) is 12.5. The highest BCUT2D eigenvalue weighted by Gasteiger charge is 2.24. The summed E-state index contributed by atoms with van der Waals surface area (Å²) in [5, 5.41) is 1.11. The molecule has 0 unspecified atom stereocenters. The van der Waals surface area contributed by atoms with Crippen LogP contribution in [0.25, 0.3) is 10.8 Å². The molecule has 3 aromatic rings. The molecule has 0 saturated carbocycles. The Labute approximate surface area is 139 Å². The summed E-state index contributed by atoms with van der Waals surface area (Å²) in [4.78, 5) is 11.2. The number of carbonyl (C=O) groups is 1. The summed E-state index contributed by atoms with van der Waals surface area (Å²) < 4.78 is 30.9. The van der Waals surface area contributed by atoms with E-state index >= 15 is 0 Å². The van der Waals surface area contributed by atoms with Crippen LogP contribution >= 0.6 is 0 Å². The van der Waals surface area contributed by atoms with Crippen LogP contribution < -0.4 is 15.5 Å². The van der Waals surface area contributed by atoms with Crippen molar-refractivity contribution in [2.75, 3.05) is 5.43 Å². The maximum absolute atomic E-state index is 12.8. The Morgan fingerprint density at radius 3 is 2.42 bits per heavy atom. The van der Waals surface area contributed by atoms with Crippen LogP contribution in [0, 0.1) is 0 Å². The van der Waals surface area contributed by atoms with Crippen LogP contribution in [-0.2, 0) is 10.1 Å². The van der Waals surface area contributed by atoms with Crippen molar-refractivity contribution in [3.05, 3.63) is 66.2 Å². The molecule has 0 saturated heterocycles. The van der Waals surface area contributed by atoms with E-state index in [0.717, 1.165) is 0 Å². The lowest BCUT2D eigenvalue weighted by Gasteiger charge is -2.13. The molecule has 0 aromatic heterocycles. The fourth-order valence-corrected chi connectivity index (χ4v) is 3.78. The fourth-order valence-electron chi connectivity index (χ4n) is 2.45. The van der Waals surface area contributed by atoms with E-state index in [1.54, 1.807) is 48.5 Å². The zero-order valence-corrected chi connectivity index (χ0v) is 13.3. The van der Waals surface area contributed by atoms with Crippen molar-refractivity contribution in [2.24, 2.45) is 5.84 Å². The van der Waals surface area contributed by atoms with Gasteiger partial charge < -0.3 is 9.61 Å². The van der Waals surface area contributed by atoms with Crippen molar-refractivity contribution in [2.45, 2.75) is 4.90 Å². The van der Waals surface area contributed by atoms with Crippen molar-refractivity contribution in [1.29, 1.82) is 0 Å². The average Bonchev–Trinajstić information content (AvgIpc) is 2.60. The van der Waals surface area contributed by atoms with E-state index < -0.39 is 10.1 Å². The molecule has 3 N–H and O–H groups in total. The highest BCUT2D eigenvalue weighted by atomic mass is 32.2. The number of rotatable bonds is 5. The lowest BCUT2D eigenvalue weighted by molar-refractivity contribution is 0.112. The molecule has 0 spiro atoms. The summed E-state index contributed by atoms with van der Waals surface area (Å²) in [6, 6.07) is 16.4. The highest BCUT2D eigenvalue weighted by Crippen LogP contribution is 2.31. The maximum atomic E-state index is 12.8. The van der Waals surface area contributed by atoms with Gasteiger partial charge in [-0.15, -0.1) is 0 Å². The molecule has 0 amide bonds. The minimum atomic E-state index is -4.24. The second kappa shape index (κ2) is 6.31. The summed E-state index contributed by atoms with van der Waals surface area (Å²) >= 11 is 0. The summed E-state index contributed by atoms with van der Waals surface area (Å²) in [6.07, 6.45) is 0.496. The molecule has 0 radical (unpaired) electrons. The van der Waals surface area contributed by atoms with E-state index in [2.05, 4.69) is 5.43 Å². The quantitative estimate of drug-likeness (QED) is 0.320. The van der Waals surface area contributed by atoms with Crippen LogP contribution in [0.2, 0.25) is 0 Å². The Morgan fingerprint density at radius 2 is 1.67 bits per heavy atom. The monoisotopic (exact) mass is 342 g/mol. The highest BCUT2D eigenvalue weighted by molar-refractivity contribution is 7.87. The first kappa shape index (κ1) is 16.0. The minimum absolute atomic E-state index is 0.0342. The number of nitrogens with one attached hydrogen (secondary N) is 1. The van der Waals surface area contributed by atoms with Crippen LogP contribution in [0.1, 0.15) is 10.4 Å². The number of hydrazine groups is 1. The second-order valence-electron chi connectivity index (χ2n) is 5.00. The van der Waals surface area contributed by atoms with Gasteiger partial charge in [0, 0.05) is 10.9 Å². The standard InChI is InChI=1S/C17H14N2O4S/c18-19-15-7-3-4-8-16(15)23-24(21,22)17-13(11-20)10-9-12-5-1-2-6-14(12)17/h1-11,19H,18H2. The number of hydrogen-bond donors (Lipinski definition) is 2. The minimum Gasteiger partial charge on any atom is -0.377 e. The van der Waals surface area contributed by atoms with Crippen LogP contribution in [-0.4, -0.2) is 14.7 Å². The van der Waals surface area contributed by atoms with Crippen molar-refractivity contribution in [3.8, 4) is 5.75 Å². The number of fused-ring (bicyclic) bond motifs is 1. The van der Waals surface area contributed by atoms with Gasteiger partial charge >= 0.3 is 10.1 Å². The summed E-state index contributed by atoms with van der Waals surface area (Å²) in [5.41, 5.74) is 2.72. The summed E-state index contributed by atoms with van der Waals surface area (Å²) in [6.45, 7) is 0. The fraction of sp³-hybridized carbons (Fsp3) is 0. The molecule has 122 valence electrons. The topological polar surface area (TPSA) is 98.5 Å². The molecular formula is C17H14N2O4S. The molecule has 0 atom stereocenters. The molecule has 0 bridgehead atoms. The Morgan fingerprint density at radius 1 is 0.958 bits per heavy atom. The van der Waals surface area contributed by atoms with Crippen molar-refractivity contribution in [3.63, 3.8) is 0 Å². The predicted molar refractivity (Wildman–Crippen MR) is 91.4 cm³/mol. The van der Waals surface area contributed by atoms with Gasteiger partial charge in [0.15, 0.2) is 12.0 Å². The normalized spacial score (nSPS) is 11.2. The van der Waals surface area contributed by atoms with E-state index in [4.69, 9.17) is 10.0 Å². The van der Waals surface area contributed by atoms with Crippen LogP contribution in [0.4, 0.5) is 5.69 Å². The number of para-hydroxylation sites is 2. The number of carbonyl (C=O) groups excluding carboxylic acids is 1. The molecule has 0 fully saturated rings. The van der Waals surface area contributed by atoms with E-state index in [0.29, 0.717) is 22.7 Å². The third-order valence-corrected chi connectivity index (χ3v) is 4.88. The molecule has 0 aliphatic carbocycles. The van der Waals surface area contributed by atoms with Gasteiger partial charge in [-0.3, -0.25) is 10.6 Å². The lowest BCUT2D eigenvalue weighted by atomic mass is 10.1. The predicted octanol–water partition coefficient (Wildman–Crippen LogP) is 2.71. The van der Waals surface area contributed by atoms with Gasteiger partial charge in [-0.25, -0.2) is 0 Å². The van der Waals surface area contributed by atoms with E-state index in [1.165, 1.54) is 12.1 Å². The molecule has 7 heteroatoms. The molecule has 3 rings (SSSR count). The first-order chi connectivity index (χ1) is 11.6. The number of aldehydes is 1. The van der Waals surface area contributed by atoms with Gasteiger partial charge in [-0.05, 0) is 23.6 Å². The van der Waals surface area contributed by atoms with Crippen LogP contribution in [0.5, 0.6) is 5.75 Å². The van der Waals surface area contributed by atoms with Gasteiger partial charge in [0.1, 0.15) is 4.90 Å². The smallest absolute Gasteiger partial charge is 0.340 e. The Bertz CT molecular complexity index is 1020. The van der Waals surface area contributed by atoms with E-state index in [9.17, 15) is 13.2 Å². The summed E-state index contributed by atoms with van der Waals surface area (Å²) in [5.74, 6) is 5.42. The number of hydrogen-bond acceptors (Lipinski definition) is 6. The zero-order chi connectivity index (χ0) is 17.2. The largest absolute Gasteiger partial charge is 0.377 e. The van der Waals surface area contributed by atoms with Crippen molar-refractivity contribution in [1.82, 2.24) is 0 Å². The van der Waals surface area contributed by atoms with Crippen LogP contribution in [0.15, 0.2) is 65.6 Å². The van der Waals surface area contributed by atoms with Crippen molar-refractivity contribution < 1.29 is 17.4 Å². The molecule has 6 nitrogen and oxygen atoms in total. The average molecular weight is 342 g/mol. The first-order valence-electron chi connectivity index (χ1n) is 7.04. The molecule has 0 aliphatic heterocycles. The first-order valence-corrected chi connectivity index (χ1v) is 8.44. The van der Waals surface area contributed by atoms with Gasteiger partial charge in [0.05, 0.1) is 5.69 Å². The number of nitrogens with two attached hydrogens (primary N) is 1. The van der Waals surface area contributed by atoms with Gasteiger partial charge in [0.25, 0.3) is 0 Å². The van der Waals surface area contributed by atoms with Crippen LogP contribution in [0.3, 0.4) is 0 Å². The van der Waals surface area contributed by atoms with E-state index in [1.807, 2.05) is 0 Å². The number of anilines is 1. The number of nitrogen functional groups attached to an aromatic ring is 1. The lowest BCUT2D eigenvalue weighted by Crippen LogP contribution is -2.15. The maximum Gasteiger partial charge on any atom is 0.340 e. The molecule has 3 aromatic carbocycles. The Balaban J connectivity index is 2.20. The Kier molecular flexibility index (Phi) is 4.20.